The average molecular weight is 332 g/mol. The molecule has 0 saturated carbocycles. The topological polar surface area (TPSA) is 67.1 Å². The summed E-state index contributed by atoms with van der Waals surface area (Å²) in [5, 5.41) is 14.3. The summed E-state index contributed by atoms with van der Waals surface area (Å²) in [4.78, 5) is 3.99. The molecule has 0 fully saturated rings. The van der Waals surface area contributed by atoms with E-state index in [1.165, 1.54) is 0 Å². The minimum Gasteiger partial charge on any atom is -0.356 e. The molecule has 1 aromatic heterocycles. The van der Waals surface area contributed by atoms with Crippen LogP contribution in [-0.2, 0) is 13.0 Å². The summed E-state index contributed by atoms with van der Waals surface area (Å²) in [5.41, 5.74) is 0. The Kier molecular flexibility index (Phi) is 5.48. The molecule has 1 unspecified atom stereocenters. The van der Waals surface area contributed by atoms with Crippen LogP contribution in [0.4, 0.5) is 13.2 Å². The summed E-state index contributed by atoms with van der Waals surface area (Å²) in [5.74, 6) is 2.57. The molecule has 130 valence electrons. The first-order chi connectivity index (χ1) is 10.8. The Morgan fingerprint density at radius 3 is 2.74 bits per heavy atom. The van der Waals surface area contributed by atoms with Gasteiger partial charge in [0.1, 0.15) is 11.6 Å². The summed E-state index contributed by atoms with van der Waals surface area (Å²) < 4.78 is 38.7. The van der Waals surface area contributed by atoms with Crippen LogP contribution < -0.4 is 10.6 Å². The minimum absolute atomic E-state index is 0.0908. The van der Waals surface area contributed by atoms with Gasteiger partial charge >= 0.3 is 6.18 Å². The predicted octanol–water partition coefficient (Wildman–Crippen LogP) is 1.83. The number of nitrogens with zero attached hydrogens (tertiary/aromatic N) is 4. The van der Waals surface area contributed by atoms with E-state index in [9.17, 15) is 13.2 Å². The van der Waals surface area contributed by atoms with E-state index in [2.05, 4.69) is 44.2 Å². The van der Waals surface area contributed by atoms with E-state index in [4.69, 9.17) is 0 Å². The van der Waals surface area contributed by atoms with E-state index in [0.29, 0.717) is 12.5 Å². The quantitative estimate of drug-likeness (QED) is 0.652. The van der Waals surface area contributed by atoms with Crippen molar-refractivity contribution in [2.75, 3.05) is 13.6 Å². The number of guanidine groups is 1. The molecule has 6 nitrogen and oxygen atoms in total. The fourth-order valence-corrected chi connectivity index (χ4v) is 2.60. The Morgan fingerprint density at radius 1 is 1.39 bits per heavy atom. The predicted molar refractivity (Wildman–Crippen MR) is 81.4 cm³/mol. The number of rotatable bonds is 4. The first kappa shape index (κ1) is 17.6. The van der Waals surface area contributed by atoms with Crippen LogP contribution in [0.5, 0.6) is 0 Å². The Labute approximate surface area is 133 Å². The van der Waals surface area contributed by atoms with Gasteiger partial charge in [0.05, 0.1) is 6.42 Å². The van der Waals surface area contributed by atoms with Gasteiger partial charge in [-0.1, -0.05) is 13.8 Å². The lowest BCUT2D eigenvalue weighted by Crippen LogP contribution is -2.47. The van der Waals surface area contributed by atoms with Crippen molar-refractivity contribution >= 4 is 5.96 Å². The second kappa shape index (κ2) is 7.18. The largest absolute Gasteiger partial charge is 0.390 e. The molecule has 0 bridgehead atoms. The van der Waals surface area contributed by atoms with Gasteiger partial charge in [0, 0.05) is 38.5 Å². The van der Waals surface area contributed by atoms with E-state index in [1.54, 1.807) is 7.05 Å². The van der Waals surface area contributed by atoms with Gasteiger partial charge in [-0.3, -0.25) is 4.99 Å². The normalized spacial score (nSPS) is 18.9. The summed E-state index contributed by atoms with van der Waals surface area (Å²) in [7, 11) is 1.55. The maximum atomic E-state index is 12.2. The highest BCUT2D eigenvalue weighted by Gasteiger charge is 2.27. The maximum absolute atomic E-state index is 12.2. The molecule has 2 rings (SSSR count). The molecule has 0 amide bonds. The van der Waals surface area contributed by atoms with Gasteiger partial charge in [-0.25, -0.2) is 0 Å². The number of hydrogen-bond acceptors (Lipinski definition) is 3. The highest BCUT2D eigenvalue weighted by atomic mass is 19.4. The summed E-state index contributed by atoms with van der Waals surface area (Å²) in [6.07, 6.45) is -3.42. The Bertz CT molecular complexity index is 549. The van der Waals surface area contributed by atoms with Crippen molar-refractivity contribution in [1.29, 1.82) is 0 Å². The van der Waals surface area contributed by atoms with Crippen LogP contribution in [-0.4, -0.2) is 46.5 Å². The lowest BCUT2D eigenvalue weighted by atomic mass is 10.1. The van der Waals surface area contributed by atoms with Gasteiger partial charge in [-0.15, -0.1) is 10.2 Å². The number of nitrogens with one attached hydrogen (secondary N) is 2. The molecule has 9 heteroatoms. The SMILES string of the molecule is CN=C(NCCC(F)(F)F)NC1CCc2nnc(C(C)C)n2C1. The summed E-state index contributed by atoms with van der Waals surface area (Å²) in [6, 6.07) is 0.0908. The Hall–Kier alpha value is -1.80. The molecule has 0 aliphatic carbocycles. The average Bonchev–Trinajstić information content (AvgIpc) is 2.88. The molecule has 1 aliphatic rings. The lowest BCUT2D eigenvalue weighted by Gasteiger charge is -2.27. The van der Waals surface area contributed by atoms with Crippen LogP contribution in [0.25, 0.3) is 0 Å². The monoisotopic (exact) mass is 332 g/mol. The third kappa shape index (κ3) is 4.84. The van der Waals surface area contributed by atoms with Gasteiger partial charge < -0.3 is 15.2 Å². The van der Waals surface area contributed by atoms with Crippen molar-refractivity contribution in [2.24, 2.45) is 4.99 Å². The Balaban J connectivity index is 1.91. The van der Waals surface area contributed by atoms with Crippen molar-refractivity contribution in [3.63, 3.8) is 0 Å². The van der Waals surface area contributed by atoms with E-state index >= 15 is 0 Å². The highest BCUT2D eigenvalue weighted by molar-refractivity contribution is 5.79. The molecule has 0 radical (unpaired) electrons. The van der Waals surface area contributed by atoms with Gasteiger partial charge in [-0.2, -0.15) is 13.2 Å². The van der Waals surface area contributed by atoms with Crippen molar-refractivity contribution in [3.8, 4) is 0 Å². The number of halogens is 3. The van der Waals surface area contributed by atoms with Gasteiger partial charge in [0.15, 0.2) is 5.96 Å². The smallest absolute Gasteiger partial charge is 0.356 e. The number of aryl methyl sites for hydroxylation is 1. The highest BCUT2D eigenvalue weighted by Crippen LogP contribution is 2.20. The molecule has 1 atom stereocenters. The lowest BCUT2D eigenvalue weighted by molar-refractivity contribution is -0.132. The van der Waals surface area contributed by atoms with Crippen LogP contribution in [0.3, 0.4) is 0 Å². The first-order valence-corrected chi connectivity index (χ1v) is 7.76. The molecule has 1 aromatic rings. The molecule has 2 N–H and O–H groups in total. The van der Waals surface area contributed by atoms with E-state index in [0.717, 1.165) is 24.5 Å². The minimum atomic E-state index is -4.17. The Morgan fingerprint density at radius 2 is 2.13 bits per heavy atom. The molecular formula is C14H23F3N6. The standard InChI is InChI=1S/C14H23F3N6/c1-9(2)12-22-21-11-5-4-10(8-23(11)12)20-13(18-3)19-7-6-14(15,16)17/h9-10H,4-8H2,1-3H3,(H2,18,19,20). The number of alkyl halides is 3. The number of aromatic nitrogens is 3. The molecule has 2 heterocycles. The van der Waals surface area contributed by atoms with E-state index < -0.39 is 12.6 Å². The molecular weight excluding hydrogens is 309 g/mol. The number of hydrogen-bond donors (Lipinski definition) is 2. The van der Waals surface area contributed by atoms with Gasteiger partial charge in [0.25, 0.3) is 0 Å². The zero-order valence-electron chi connectivity index (χ0n) is 13.6. The molecule has 1 aliphatic heterocycles. The van der Waals surface area contributed by atoms with Crippen molar-refractivity contribution in [1.82, 2.24) is 25.4 Å². The number of aliphatic imine (C=N–C) groups is 1. The summed E-state index contributed by atoms with van der Waals surface area (Å²) >= 11 is 0. The van der Waals surface area contributed by atoms with E-state index in [-0.39, 0.29) is 18.5 Å². The van der Waals surface area contributed by atoms with Crippen molar-refractivity contribution < 1.29 is 13.2 Å². The van der Waals surface area contributed by atoms with Crippen LogP contribution in [0.2, 0.25) is 0 Å². The van der Waals surface area contributed by atoms with Crippen molar-refractivity contribution in [2.45, 2.75) is 57.8 Å². The van der Waals surface area contributed by atoms with Crippen LogP contribution in [0, 0.1) is 0 Å². The molecule has 0 spiro atoms. The second-order valence-electron chi connectivity index (χ2n) is 5.98. The van der Waals surface area contributed by atoms with E-state index in [1.807, 2.05) is 0 Å². The third-order valence-electron chi connectivity index (χ3n) is 3.76. The fraction of sp³-hybridized carbons (Fsp3) is 0.786. The van der Waals surface area contributed by atoms with Crippen LogP contribution in [0.15, 0.2) is 4.99 Å². The maximum Gasteiger partial charge on any atom is 0.390 e. The molecule has 0 aromatic carbocycles. The number of fused-ring (bicyclic) bond motifs is 1. The zero-order valence-corrected chi connectivity index (χ0v) is 13.6. The van der Waals surface area contributed by atoms with Crippen molar-refractivity contribution in [3.05, 3.63) is 11.6 Å². The second-order valence-corrected chi connectivity index (χ2v) is 5.98. The third-order valence-corrected chi connectivity index (χ3v) is 3.76. The summed E-state index contributed by atoms with van der Waals surface area (Å²) in [6.45, 7) is 4.62. The molecule has 23 heavy (non-hydrogen) atoms. The van der Waals surface area contributed by atoms with Crippen LogP contribution in [0.1, 0.15) is 44.3 Å². The fourth-order valence-electron chi connectivity index (χ4n) is 2.60. The van der Waals surface area contributed by atoms with Gasteiger partial charge in [-0.05, 0) is 6.42 Å². The molecule has 0 saturated heterocycles. The first-order valence-electron chi connectivity index (χ1n) is 7.76. The van der Waals surface area contributed by atoms with Crippen LogP contribution >= 0.6 is 0 Å². The van der Waals surface area contributed by atoms with Gasteiger partial charge in [0.2, 0.25) is 0 Å². The zero-order chi connectivity index (χ0) is 17.0.